The first-order valence-electron chi connectivity index (χ1n) is 8.48. The number of nitrogens with one attached hydrogen (secondary N) is 2. The number of aryl methyl sites for hydroxylation is 3. The normalized spacial score (nSPS) is 10.5. The fourth-order valence-corrected chi connectivity index (χ4v) is 2.83. The molecular weight excluding hydrogens is 324 g/mol. The SMILES string of the molecule is CC(=O)c1ccc(Nc2cc(Nc3cc(C)cc(C)c3)nc(C)n2)cc1. The van der Waals surface area contributed by atoms with Crippen LogP contribution in [0.3, 0.4) is 0 Å². The van der Waals surface area contributed by atoms with Gasteiger partial charge >= 0.3 is 0 Å². The standard InChI is InChI=1S/C21H22N4O/c1-13-9-14(2)11-19(10-13)25-21-12-20(22-16(4)23-21)24-18-7-5-17(6-8-18)15(3)26/h5-12H,1-4H3,(H2,22,23,24,25). The van der Waals surface area contributed by atoms with Crippen LogP contribution in [0, 0.1) is 20.8 Å². The molecule has 0 atom stereocenters. The van der Waals surface area contributed by atoms with Gasteiger partial charge in [0.15, 0.2) is 5.78 Å². The number of carbonyl (C=O) groups is 1. The second kappa shape index (κ2) is 7.35. The number of anilines is 4. The largest absolute Gasteiger partial charge is 0.340 e. The quantitative estimate of drug-likeness (QED) is 0.630. The average Bonchev–Trinajstić information content (AvgIpc) is 2.53. The molecule has 0 aliphatic rings. The molecule has 1 heterocycles. The van der Waals surface area contributed by atoms with Crippen LogP contribution in [0.5, 0.6) is 0 Å². The summed E-state index contributed by atoms with van der Waals surface area (Å²) in [4.78, 5) is 20.3. The molecule has 0 amide bonds. The molecule has 5 nitrogen and oxygen atoms in total. The summed E-state index contributed by atoms with van der Waals surface area (Å²) in [5.41, 5.74) is 4.94. The van der Waals surface area contributed by atoms with Crippen molar-refractivity contribution in [3.05, 3.63) is 71.0 Å². The van der Waals surface area contributed by atoms with Crippen molar-refractivity contribution < 1.29 is 4.79 Å². The Bertz CT molecular complexity index is 928. The molecular formula is C21H22N4O. The van der Waals surface area contributed by atoms with E-state index in [1.54, 1.807) is 19.1 Å². The lowest BCUT2D eigenvalue weighted by atomic mass is 10.1. The van der Waals surface area contributed by atoms with Gasteiger partial charge in [0.2, 0.25) is 0 Å². The minimum Gasteiger partial charge on any atom is -0.340 e. The molecule has 0 aliphatic heterocycles. The molecule has 26 heavy (non-hydrogen) atoms. The maximum atomic E-state index is 11.4. The Labute approximate surface area is 153 Å². The molecule has 0 unspecified atom stereocenters. The fourth-order valence-electron chi connectivity index (χ4n) is 2.83. The Hall–Kier alpha value is -3.21. The number of hydrogen-bond acceptors (Lipinski definition) is 5. The van der Waals surface area contributed by atoms with Crippen LogP contribution in [-0.4, -0.2) is 15.8 Å². The zero-order valence-electron chi connectivity index (χ0n) is 15.4. The summed E-state index contributed by atoms with van der Waals surface area (Å²) in [6, 6.07) is 15.5. The molecule has 1 aromatic heterocycles. The highest BCUT2D eigenvalue weighted by Crippen LogP contribution is 2.22. The molecule has 132 valence electrons. The molecule has 0 bridgehead atoms. The van der Waals surface area contributed by atoms with Gasteiger partial charge in [0.05, 0.1) is 0 Å². The minimum absolute atomic E-state index is 0.0503. The Kier molecular flexibility index (Phi) is 4.98. The van der Waals surface area contributed by atoms with Crippen LogP contribution in [0.2, 0.25) is 0 Å². The van der Waals surface area contributed by atoms with Gasteiger partial charge in [-0.2, -0.15) is 0 Å². The second-order valence-corrected chi connectivity index (χ2v) is 6.45. The van der Waals surface area contributed by atoms with Gasteiger partial charge in [0.25, 0.3) is 0 Å². The number of carbonyl (C=O) groups excluding carboxylic acids is 1. The Morgan fingerprint density at radius 3 is 1.85 bits per heavy atom. The third-order valence-corrected chi connectivity index (χ3v) is 3.90. The van der Waals surface area contributed by atoms with E-state index in [9.17, 15) is 4.79 Å². The highest BCUT2D eigenvalue weighted by Gasteiger charge is 2.05. The van der Waals surface area contributed by atoms with E-state index >= 15 is 0 Å². The predicted molar refractivity (Wildman–Crippen MR) is 106 cm³/mol. The lowest BCUT2D eigenvalue weighted by Crippen LogP contribution is -2.02. The highest BCUT2D eigenvalue weighted by atomic mass is 16.1. The number of aromatic nitrogens is 2. The first-order chi connectivity index (χ1) is 12.4. The Morgan fingerprint density at radius 1 is 0.769 bits per heavy atom. The summed E-state index contributed by atoms with van der Waals surface area (Å²) in [5, 5.41) is 6.60. The molecule has 3 rings (SSSR count). The zero-order chi connectivity index (χ0) is 18.7. The van der Waals surface area contributed by atoms with E-state index in [0.717, 1.165) is 17.2 Å². The van der Waals surface area contributed by atoms with Crippen LogP contribution in [0.1, 0.15) is 34.2 Å². The summed E-state index contributed by atoms with van der Waals surface area (Å²) < 4.78 is 0. The van der Waals surface area contributed by atoms with Crippen molar-refractivity contribution in [2.24, 2.45) is 0 Å². The van der Waals surface area contributed by atoms with Crippen molar-refractivity contribution in [3.8, 4) is 0 Å². The third-order valence-electron chi connectivity index (χ3n) is 3.90. The molecule has 0 fully saturated rings. The molecule has 3 aromatic rings. The molecule has 0 saturated carbocycles. The van der Waals surface area contributed by atoms with Gasteiger partial charge in [-0.1, -0.05) is 6.07 Å². The number of ketones is 1. The van der Waals surface area contributed by atoms with E-state index in [1.165, 1.54) is 11.1 Å². The summed E-state index contributed by atoms with van der Waals surface area (Å²) >= 11 is 0. The van der Waals surface area contributed by atoms with Crippen LogP contribution in [-0.2, 0) is 0 Å². The first-order valence-corrected chi connectivity index (χ1v) is 8.48. The van der Waals surface area contributed by atoms with Crippen LogP contribution in [0.4, 0.5) is 23.0 Å². The van der Waals surface area contributed by atoms with E-state index in [-0.39, 0.29) is 5.78 Å². The Morgan fingerprint density at radius 2 is 1.31 bits per heavy atom. The highest BCUT2D eigenvalue weighted by molar-refractivity contribution is 5.94. The fraction of sp³-hybridized carbons (Fsp3) is 0.190. The molecule has 5 heteroatoms. The molecule has 2 N–H and O–H groups in total. The number of nitrogens with zero attached hydrogens (tertiary/aromatic N) is 2. The van der Waals surface area contributed by atoms with Crippen molar-refractivity contribution >= 4 is 28.8 Å². The van der Waals surface area contributed by atoms with Crippen LogP contribution >= 0.6 is 0 Å². The molecule has 2 aromatic carbocycles. The van der Waals surface area contributed by atoms with Gasteiger partial charge in [0.1, 0.15) is 17.5 Å². The van der Waals surface area contributed by atoms with E-state index in [1.807, 2.05) is 25.1 Å². The van der Waals surface area contributed by atoms with Crippen LogP contribution in [0.15, 0.2) is 48.5 Å². The summed E-state index contributed by atoms with van der Waals surface area (Å²) in [6.07, 6.45) is 0. The number of hydrogen-bond donors (Lipinski definition) is 2. The maximum Gasteiger partial charge on any atom is 0.159 e. The van der Waals surface area contributed by atoms with E-state index in [2.05, 4.69) is 52.6 Å². The van der Waals surface area contributed by atoms with Crippen molar-refractivity contribution in [1.82, 2.24) is 9.97 Å². The van der Waals surface area contributed by atoms with E-state index < -0.39 is 0 Å². The van der Waals surface area contributed by atoms with Gasteiger partial charge in [-0.15, -0.1) is 0 Å². The average molecular weight is 346 g/mol. The number of benzene rings is 2. The lowest BCUT2D eigenvalue weighted by Gasteiger charge is -2.11. The van der Waals surface area contributed by atoms with Gasteiger partial charge in [-0.3, -0.25) is 4.79 Å². The molecule has 0 spiro atoms. The second-order valence-electron chi connectivity index (χ2n) is 6.45. The third kappa shape index (κ3) is 4.45. The van der Waals surface area contributed by atoms with Crippen LogP contribution < -0.4 is 10.6 Å². The first kappa shape index (κ1) is 17.6. The van der Waals surface area contributed by atoms with Crippen molar-refractivity contribution in [2.45, 2.75) is 27.7 Å². The minimum atomic E-state index is 0.0503. The lowest BCUT2D eigenvalue weighted by molar-refractivity contribution is 0.101. The van der Waals surface area contributed by atoms with Crippen molar-refractivity contribution in [1.29, 1.82) is 0 Å². The predicted octanol–water partition coefficient (Wildman–Crippen LogP) is 5.09. The van der Waals surface area contributed by atoms with Gasteiger partial charge in [0, 0.05) is 23.0 Å². The van der Waals surface area contributed by atoms with E-state index in [0.29, 0.717) is 17.2 Å². The van der Waals surface area contributed by atoms with E-state index in [4.69, 9.17) is 0 Å². The molecule has 0 aliphatic carbocycles. The zero-order valence-corrected chi connectivity index (χ0v) is 15.4. The van der Waals surface area contributed by atoms with Gasteiger partial charge in [-0.25, -0.2) is 9.97 Å². The molecule has 0 saturated heterocycles. The van der Waals surface area contributed by atoms with Crippen molar-refractivity contribution in [3.63, 3.8) is 0 Å². The smallest absolute Gasteiger partial charge is 0.159 e. The topological polar surface area (TPSA) is 66.9 Å². The van der Waals surface area contributed by atoms with Gasteiger partial charge < -0.3 is 10.6 Å². The number of rotatable bonds is 5. The summed E-state index contributed by atoms with van der Waals surface area (Å²) in [5.74, 6) is 2.14. The van der Waals surface area contributed by atoms with Crippen LogP contribution in [0.25, 0.3) is 0 Å². The Balaban J connectivity index is 1.82. The summed E-state index contributed by atoms with van der Waals surface area (Å²) in [7, 11) is 0. The summed E-state index contributed by atoms with van der Waals surface area (Å²) in [6.45, 7) is 7.56. The monoisotopic (exact) mass is 346 g/mol. The van der Waals surface area contributed by atoms with Crippen molar-refractivity contribution in [2.75, 3.05) is 10.6 Å². The molecule has 0 radical (unpaired) electrons. The van der Waals surface area contributed by atoms with Gasteiger partial charge in [-0.05, 0) is 75.2 Å². The maximum absolute atomic E-state index is 11.4. The number of Topliss-reactive ketones (excluding diaryl/α,β-unsaturated/α-hetero) is 1.